The number of phosphoric ester groups is 1. The average molecular weight is 780 g/mol. The number of esters is 2. The Hall–Kier alpha value is -1.03. The van der Waals surface area contributed by atoms with Crippen molar-refractivity contribution in [2.45, 2.75) is 213 Å². The normalized spacial score (nSPS) is 13.3. The lowest BCUT2D eigenvalue weighted by atomic mass is 10.0. The Morgan fingerprint density at radius 3 is 1.23 bits per heavy atom. The van der Waals surface area contributed by atoms with Crippen LogP contribution < -0.4 is 0 Å². The van der Waals surface area contributed by atoms with Gasteiger partial charge in [-0.15, -0.1) is 0 Å². The van der Waals surface area contributed by atoms with Gasteiger partial charge in [0.05, 0.1) is 27.7 Å². The van der Waals surface area contributed by atoms with Crippen molar-refractivity contribution in [3.8, 4) is 0 Å². The Kier molecular flexibility index (Phi) is 38.6. The quantitative estimate of drug-likeness (QED) is 0.0279. The van der Waals surface area contributed by atoms with Crippen molar-refractivity contribution in [2.75, 3.05) is 47.5 Å². The van der Waals surface area contributed by atoms with Crippen molar-refractivity contribution < 1.29 is 47.5 Å². The molecule has 2 N–H and O–H groups in total. The number of hydrogen-bond acceptors (Lipinski definition) is 8. The van der Waals surface area contributed by atoms with E-state index in [4.69, 9.17) is 18.5 Å². The van der Waals surface area contributed by atoms with Gasteiger partial charge in [-0.25, -0.2) is 4.57 Å². The minimum absolute atomic E-state index is 0. The van der Waals surface area contributed by atoms with Gasteiger partial charge in [-0.2, -0.15) is 0 Å². The van der Waals surface area contributed by atoms with Crippen molar-refractivity contribution in [1.29, 1.82) is 0 Å². The summed E-state index contributed by atoms with van der Waals surface area (Å²) < 4.78 is 34.3. The maximum absolute atomic E-state index is 12.7. The molecule has 0 bridgehead atoms. The first-order chi connectivity index (χ1) is 25.0. The van der Waals surface area contributed by atoms with E-state index in [1.807, 2.05) is 21.1 Å². The van der Waals surface area contributed by atoms with Gasteiger partial charge in [-0.3, -0.25) is 18.6 Å². The molecule has 0 heterocycles. The highest BCUT2D eigenvalue weighted by molar-refractivity contribution is 7.47. The first-order valence-corrected chi connectivity index (χ1v) is 23.3. The summed E-state index contributed by atoms with van der Waals surface area (Å²) in [5.74, 6) is -0.785. The monoisotopic (exact) mass is 780 g/mol. The van der Waals surface area contributed by atoms with Crippen LogP contribution in [-0.4, -0.2) is 80.4 Å². The fourth-order valence-electron chi connectivity index (χ4n) is 6.19. The standard InChI is InChI=1S/C42H84NO8P.H2O/c1-6-8-10-12-14-16-18-20-21-23-25-27-29-31-33-35-42(45)51-40(39-50-52(46,47)49-37-36-43(3,4)5)38-48-41(44)34-32-30-28-26-24-22-19-17-15-13-11-9-7-2;/h40H,6-39H2,1-5H3;1H2. The van der Waals surface area contributed by atoms with Gasteiger partial charge in [0.1, 0.15) is 19.8 Å². The van der Waals surface area contributed by atoms with Gasteiger partial charge in [-0.05, 0) is 12.8 Å². The van der Waals surface area contributed by atoms with Crippen LogP contribution in [0.5, 0.6) is 0 Å². The summed E-state index contributed by atoms with van der Waals surface area (Å²) >= 11 is 0. The van der Waals surface area contributed by atoms with Gasteiger partial charge in [0.2, 0.25) is 0 Å². The molecule has 53 heavy (non-hydrogen) atoms. The van der Waals surface area contributed by atoms with E-state index in [0.717, 1.165) is 38.5 Å². The zero-order valence-electron chi connectivity index (χ0n) is 35.3. The highest BCUT2D eigenvalue weighted by Gasteiger charge is 2.27. The molecule has 2 atom stereocenters. The molecular weight excluding hydrogens is 693 g/mol. The Bertz CT molecular complexity index is 868. The summed E-state index contributed by atoms with van der Waals surface area (Å²) in [6.07, 6.45) is 34.2. The van der Waals surface area contributed by atoms with E-state index < -0.39 is 26.5 Å². The second kappa shape index (κ2) is 37.9. The molecule has 318 valence electrons. The van der Waals surface area contributed by atoms with Crippen LogP contribution in [-0.2, 0) is 32.7 Å². The zero-order chi connectivity index (χ0) is 38.6. The summed E-state index contributed by atoms with van der Waals surface area (Å²) in [4.78, 5) is 35.3. The van der Waals surface area contributed by atoms with Crippen molar-refractivity contribution in [2.24, 2.45) is 0 Å². The molecule has 2 unspecified atom stereocenters. The number of carbonyl (C=O) groups excluding carboxylic acids is 2. The van der Waals surface area contributed by atoms with Gasteiger partial charge in [-0.1, -0.05) is 181 Å². The molecule has 0 saturated carbocycles. The van der Waals surface area contributed by atoms with E-state index in [1.54, 1.807) is 0 Å². The molecule has 0 aliphatic rings. The van der Waals surface area contributed by atoms with Gasteiger partial charge in [0.15, 0.2) is 6.10 Å². The van der Waals surface area contributed by atoms with E-state index in [2.05, 4.69) is 13.8 Å². The number of carbonyl (C=O) groups is 2. The molecule has 0 aliphatic carbocycles. The molecule has 0 rings (SSSR count). The molecule has 0 fully saturated rings. The minimum Gasteiger partial charge on any atom is -0.870 e. The average Bonchev–Trinajstić information content (AvgIpc) is 3.09. The van der Waals surface area contributed by atoms with Crippen LogP contribution in [0.25, 0.3) is 0 Å². The van der Waals surface area contributed by atoms with Crippen LogP contribution in [0.15, 0.2) is 0 Å². The summed E-state index contributed by atoms with van der Waals surface area (Å²) in [7, 11) is 1.49. The van der Waals surface area contributed by atoms with Gasteiger partial charge in [0, 0.05) is 12.8 Å². The van der Waals surface area contributed by atoms with E-state index in [9.17, 15) is 19.0 Å². The topological polar surface area (TPSA) is 138 Å². The van der Waals surface area contributed by atoms with E-state index in [1.165, 1.54) is 141 Å². The first-order valence-electron chi connectivity index (χ1n) is 21.8. The molecular formula is C42H86NO9P. The smallest absolute Gasteiger partial charge is 0.472 e. The Labute approximate surface area is 326 Å². The van der Waals surface area contributed by atoms with Gasteiger partial charge < -0.3 is 24.3 Å². The summed E-state index contributed by atoms with van der Waals surface area (Å²) in [5, 5.41) is 0. The Morgan fingerprint density at radius 2 is 0.868 bits per heavy atom. The van der Waals surface area contributed by atoms with Crippen molar-refractivity contribution in [3.05, 3.63) is 0 Å². The number of hydrogen-bond donors (Lipinski definition) is 1. The van der Waals surface area contributed by atoms with Crippen LogP contribution >= 0.6 is 7.82 Å². The van der Waals surface area contributed by atoms with Crippen molar-refractivity contribution in [3.63, 3.8) is 0 Å². The van der Waals surface area contributed by atoms with E-state index in [0.29, 0.717) is 17.4 Å². The lowest BCUT2D eigenvalue weighted by Crippen LogP contribution is -2.37. The number of quaternary nitrogens is 1. The molecule has 10 nitrogen and oxygen atoms in total. The maximum Gasteiger partial charge on any atom is 0.472 e. The highest BCUT2D eigenvalue weighted by atomic mass is 31.2. The molecule has 0 aromatic heterocycles. The molecule has 0 radical (unpaired) electrons. The third-order valence-corrected chi connectivity index (χ3v) is 10.6. The second-order valence-corrected chi connectivity index (χ2v) is 17.6. The highest BCUT2D eigenvalue weighted by Crippen LogP contribution is 2.43. The maximum atomic E-state index is 12.7. The Morgan fingerprint density at radius 1 is 0.528 bits per heavy atom. The molecule has 11 heteroatoms. The van der Waals surface area contributed by atoms with Crippen LogP contribution in [0, 0.1) is 0 Å². The third kappa shape index (κ3) is 42.0. The molecule has 0 aromatic carbocycles. The van der Waals surface area contributed by atoms with Gasteiger partial charge in [0.25, 0.3) is 0 Å². The number of rotatable bonds is 40. The largest absolute Gasteiger partial charge is 0.870 e. The summed E-state index contributed by atoms with van der Waals surface area (Å²) in [6, 6.07) is 0. The SMILES string of the molecule is CCCCCCCCCCCCCCCCCC(=O)OC(COC(=O)CCCCCCCCCCCCCCC)COP(=O)(O)OCC[N+](C)(C)C.[OH-]. The lowest BCUT2D eigenvalue weighted by Gasteiger charge is -2.24. The number of phosphoric acid groups is 1. The molecule has 0 aromatic rings. The molecule has 0 saturated heterocycles. The van der Waals surface area contributed by atoms with Gasteiger partial charge >= 0.3 is 19.8 Å². The van der Waals surface area contributed by atoms with E-state index in [-0.39, 0.29) is 31.1 Å². The molecule has 0 spiro atoms. The predicted octanol–water partition coefficient (Wildman–Crippen LogP) is 11.8. The molecule has 0 aliphatic heterocycles. The van der Waals surface area contributed by atoms with Crippen LogP contribution in [0.1, 0.15) is 206 Å². The first kappa shape index (κ1) is 54.1. The minimum atomic E-state index is -4.36. The number of ether oxygens (including phenoxy) is 2. The zero-order valence-corrected chi connectivity index (χ0v) is 36.2. The number of unbranched alkanes of at least 4 members (excludes halogenated alkanes) is 26. The summed E-state index contributed by atoms with van der Waals surface area (Å²) in [5.41, 5.74) is 0. The number of nitrogens with zero attached hydrogens (tertiary/aromatic N) is 1. The Balaban J connectivity index is 0. The molecule has 0 amide bonds. The fraction of sp³-hybridized carbons (Fsp3) is 0.952. The van der Waals surface area contributed by atoms with E-state index >= 15 is 0 Å². The van der Waals surface area contributed by atoms with Crippen LogP contribution in [0.2, 0.25) is 0 Å². The lowest BCUT2D eigenvalue weighted by molar-refractivity contribution is -0.870. The summed E-state index contributed by atoms with van der Waals surface area (Å²) in [6.45, 7) is 4.45. The second-order valence-electron chi connectivity index (χ2n) is 16.1. The number of likely N-dealkylation sites (N-methyl/N-ethyl adjacent to an activating group) is 1. The van der Waals surface area contributed by atoms with Crippen molar-refractivity contribution >= 4 is 19.8 Å². The van der Waals surface area contributed by atoms with Crippen molar-refractivity contribution in [1.82, 2.24) is 0 Å². The predicted molar refractivity (Wildman–Crippen MR) is 217 cm³/mol. The van der Waals surface area contributed by atoms with Crippen LogP contribution in [0.4, 0.5) is 0 Å². The third-order valence-electron chi connectivity index (χ3n) is 9.64. The fourth-order valence-corrected chi connectivity index (χ4v) is 6.93. The van der Waals surface area contributed by atoms with Crippen LogP contribution in [0.3, 0.4) is 0 Å².